The Kier molecular flexibility index (Phi) is 9.36. The van der Waals surface area contributed by atoms with Crippen LogP contribution in [0, 0.1) is 29.1 Å². The van der Waals surface area contributed by atoms with Crippen LogP contribution >= 0.6 is 0 Å². The Hall–Kier alpha value is -4.41. The molecule has 2 aromatic rings. The van der Waals surface area contributed by atoms with Crippen molar-refractivity contribution < 1.29 is 9.59 Å². The van der Waals surface area contributed by atoms with Gasteiger partial charge in [0.15, 0.2) is 0 Å². The van der Waals surface area contributed by atoms with Crippen LogP contribution in [-0.2, 0) is 9.59 Å². The first-order chi connectivity index (χ1) is 19.2. The maximum Gasteiger partial charge on any atom is 0.246 e. The van der Waals surface area contributed by atoms with Gasteiger partial charge in [-0.05, 0) is 64.9 Å². The van der Waals surface area contributed by atoms with Crippen LogP contribution < -0.4 is 16.0 Å². The van der Waals surface area contributed by atoms with Gasteiger partial charge in [0, 0.05) is 43.4 Å². The summed E-state index contributed by atoms with van der Waals surface area (Å²) in [5, 5.41) is 18.8. The molecule has 2 aliphatic carbocycles. The Bertz CT molecular complexity index is 1360. The number of nitrogens with zero attached hydrogens (tertiary/aromatic N) is 5. The van der Waals surface area contributed by atoms with E-state index in [2.05, 4.69) is 43.8 Å². The summed E-state index contributed by atoms with van der Waals surface area (Å²) in [4.78, 5) is 37.5. The van der Waals surface area contributed by atoms with Crippen molar-refractivity contribution in [1.82, 2.24) is 25.1 Å². The van der Waals surface area contributed by atoms with Crippen LogP contribution in [0.15, 0.2) is 42.6 Å². The van der Waals surface area contributed by atoms with Crippen LogP contribution in [-0.4, -0.2) is 77.4 Å². The molecule has 1 aromatic carbocycles. The third kappa shape index (κ3) is 8.05. The first kappa shape index (κ1) is 28.6. The molecule has 0 saturated heterocycles. The lowest BCUT2D eigenvalue weighted by Gasteiger charge is -2.34. The largest absolute Gasteiger partial charge is 0.366 e. The highest BCUT2D eigenvalue weighted by molar-refractivity contribution is 5.92. The van der Waals surface area contributed by atoms with Gasteiger partial charge in [-0.25, -0.2) is 4.98 Å². The number of benzene rings is 1. The molecule has 3 N–H and O–H groups in total. The summed E-state index contributed by atoms with van der Waals surface area (Å²) < 4.78 is 0. The van der Waals surface area contributed by atoms with Crippen molar-refractivity contribution in [2.75, 3.05) is 38.3 Å². The van der Waals surface area contributed by atoms with Gasteiger partial charge < -0.3 is 25.8 Å². The van der Waals surface area contributed by atoms with Crippen molar-refractivity contribution >= 4 is 29.3 Å². The van der Waals surface area contributed by atoms with E-state index in [4.69, 9.17) is 5.26 Å². The van der Waals surface area contributed by atoms with E-state index in [0.29, 0.717) is 29.9 Å². The fraction of sp³-hybridized carbons (Fsp3) is 0.433. The molecule has 1 heterocycles. The number of carbonyl (C=O) groups is 2. The number of nitrogens with one attached hydrogen (secondary N) is 3. The maximum absolute atomic E-state index is 12.7. The van der Waals surface area contributed by atoms with Crippen LogP contribution in [0.5, 0.6) is 0 Å². The van der Waals surface area contributed by atoms with E-state index in [1.807, 2.05) is 31.1 Å². The monoisotopic (exact) mass is 540 g/mol. The quantitative estimate of drug-likeness (QED) is 0.310. The summed E-state index contributed by atoms with van der Waals surface area (Å²) in [6.45, 7) is 2.39. The molecule has 2 amide bonds. The Morgan fingerprint density at radius 1 is 1.20 bits per heavy atom. The summed E-state index contributed by atoms with van der Waals surface area (Å²) in [6.07, 6.45) is 8.71. The van der Waals surface area contributed by atoms with Crippen molar-refractivity contribution in [2.24, 2.45) is 5.92 Å². The summed E-state index contributed by atoms with van der Waals surface area (Å²) >= 11 is 0. The molecule has 10 heteroatoms. The highest BCUT2D eigenvalue weighted by Crippen LogP contribution is 2.29. The van der Waals surface area contributed by atoms with Gasteiger partial charge in [-0.1, -0.05) is 24.0 Å². The predicted molar refractivity (Wildman–Crippen MR) is 155 cm³/mol. The number of likely N-dealkylation sites (N-methyl/N-ethyl adjacent to an activating group) is 2. The van der Waals surface area contributed by atoms with Crippen LogP contribution in [0.4, 0.5) is 17.5 Å². The first-order valence-electron chi connectivity index (χ1n) is 13.5. The second kappa shape index (κ2) is 13.1. The van der Waals surface area contributed by atoms with Crippen LogP contribution in [0.1, 0.15) is 43.7 Å². The molecule has 0 bridgehead atoms. The third-order valence-electron chi connectivity index (χ3n) is 6.89. The van der Waals surface area contributed by atoms with E-state index in [1.54, 1.807) is 38.4 Å². The minimum atomic E-state index is -0.565. The fourth-order valence-corrected chi connectivity index (χ4v) is 4.06. The van der Waals surface area contributed by atoms with E-state index in [1.165, 1.54) is 11.0 Å². The van der Waals surface area contributed by atoms with Crippen LogP contribution in [0.3, 0.4) is 0 Å². The molecule has 1 aromatic heterocycles. The third-order valence-corrected chi connectivity index (χ3v) is 6.89. The highest BCUT2D eigenvalue weighted by atomic mass is 16.2. The molecule has 208 valence electrons. The number of aromatic nitrogens is 2. The molecule has 2 aliphatic rings. The maximum atomic E-state index is 12.7. The average molecular weight is 541 g/mol. The molecule has 10 nitrogen and oxygen atoms in total. The van der Waals surface area contributed by atoms with Crippen molar-refractivity contribution in [3.05, 3.63) is 53.7 Å². The first-order valence-corrected chi connectivity index (χ1v) is 13.5. The molecule has 0 aliphatic heterocycles. The minimum absolute atomic E-state index is 0.0399. The number of carbonyl (C=O) groups excluding carboxylic acids is 2. The topological polar surface area (TPSA) is 126 Å². The van der Waals surface area contributed by atoms with Gasteiger partial charge in [-0.15, -0.1) is 0 Å². The number of amides is 2. The Morgan fingerprint density at radius 2 is 1.98 bits per heavy atom. The summed E-state index contributed by atoms with van der Waals surface area (Å²) in [5.74, 6) is 7.45. The Morgan fingerprint density at radius 3 is 2.67 bits per heavy atom. The van der Waals surface area contributed by atoms with Gasteiger partial charge >= 0.3 is 0 Å². The van der Waals surface area contributed by atoms with Crippen molar-refractivity contribution in [3.63, 3.8) is 0 Å². The number of rotatable bonds is 10. The van der Waals surface area contributed by atoms with Gasteiger partial charge in [0.05, 0.1) is 23.4 Å². The highest BCUT2D eigenvalue weighted by Gasteiger charge is 2.31. The second-order valence-electron chi connectivity index (χ2n) is 10.6. The molecule has 2 fully saturated rings. The van der Waals surface area contributed by atoms with Gasteiger partial charge in [0.2, 0.25) is 17.8 Å². The molecule has 2 saturated carbocycles. The summed E-state index contributed by atoms with van der Waals surface area (Å²) in [7, 11) is 5.49. The minimum Gasteiger partial charge on any atom is -0.366 e. The van der Waals surface area contributed by atoms with E-state index < -0.39 is 6.04 Å². The van der Waals surface area contributed by atoms with Gasteiger partial charge in [-0.2, -0.15) is 10.2 Å². The van der Waals surface area contributed by atoms with E-state index in [-0.39, 0.29) is 23.8 Å². The predicted octanol–water partition coefficient (Wildman–Crippen LogP) is 2.88. The molecule has 0 spiro atoms. The standard InChI is InChI=1S/C30H36N8O2/c1-20(38(4)27(39)9-6-14-37(2)3)29(40)34-26-15-21(16-26)10-11-23-19-32-30(36-28(23)33-24-12-13-24)35-25-8-5-7-22(17-25)18-31/h5-9,17,19-21,24,26H,12-16H2,1-4H3,(H,34,40)(H2,32,33,35,36)/b9-6+/t20-,21-,26+/m0/s1. The smallest absolute Gasteiger partial charge is 0.246 e. The lowest BCUT2D eigenvalue weighted by molar-refractivity contribution is -0.135. The van der Waals surface area contributed by atoms with Crippen LogP contribution in [0.25, 0.3) is 0 Å². The number of anilines is 3. The van der Waals surface area contributed by atoms with Gasteiger partial charge in [0.1, 0.15) is 11.9 Å². The number of nitriles is 1. The lowest BCUT2D eigenvalue weighted by Crippen LogP contribution is -2.51. The molecule has 0 radical (unpaired) electrons. The summed E-state index contributed by atoms with van der Waals surface area (Å²) in [6, 6.07) is 9.15. The van der Waals surface area contributed by atoms with E-state index in [0.717, 1.165) is 36.9 Å². The molecule has 1 atom stereocenters. The SMILES string of the molecule is C[C@@H](C(=O)N[C@H]1C[C@@H](C#Cc2cnc(Nc3cccc(C#N)c3)nc2NC2CC2)C1)N(C)C(=O)/C=C/CN(C)C. The molecule has 4 rings (SSSR count). The Labute approximate surface area is 235 Å². The van der Waals surface area contributed by atoms with Crippen molar-refractivity contribution in [2.45, 2.75) is 50.7 Å². The molecular weight excluding hydrogens is 504 g/mol. The summed E-state index contributed by atoms with van der Waals surface area (Å²) in [5.41, 5.74) is 2.02. The van der Waals surface area contributed by atoms with Crippen molar-refractivity contribution in [3.8, 4) is 17.9 Å². The zero-order chi connectivity index (χ0) is 28.6. The average Bonchev–Trinajstić information content (AvgIpc) is 3.73. The zero-order valence-corrected chi connectivity index (χ0v) is 23.4. The van der Waals surface area contributed by atoms with Crippen LogP contribution in [0.2, 0.25) is 0 Å². The molecule has 0 unspecified atom stereocenters. The van der Waals surface area contributed by atoms with Gasteiger partial charge in [-0.3, -0.25) is 9.59 Å². The van der Waals surface area contributed by atoms with E-state index in [9.17, 15) is 9.59 Å². The molecule has 40 heavy (non-hydrogen) atoms. The number of hydrogen-bond acceptors (Lipinski definition) is 8. The molecular formula is C30H36N8O2. The normalized spacial score (nSPS) is 18.6. The Balaban J connectivity index is 1.31. The number of hydrogen-bond donors (Lipinski definition) is 3. The van der Waals surface area contributed by atoms with Crippen molar-refractivity contribution in [1.29, 1.82) is 5.26 Å². The lowest BCUT2D eigenvalue weighted by atomic mass is 9.80. The second-order valence-corrected chi connectivity index (χ2v) is 10.6. The van der Waals surface area contributed by atoms with E-state index >= 15 is 0 Å². The van der Waals surface area contributed by atoms with Gasteiger partial charge in [0.25, 0.3) is 0 Å². The fourth-order valence-electron chi connectivity index (χ4n) is 4.06. The zero-order valence-electron chi connectivity index (χ0n) is 23.4.